The Kier molecular flexibility index (Phi) is 14.9. The largest absolute Gasteiger partial charge is 0.396 e. The van der Waals surface area contributed by atoms with Gasteiger partial charge in [-0.05, 0) is 43.7 Å². The van der Waals surface area contributed by atoms with Crippen LogP contribution in [-0.2, 0) is 0 Å². The molecule has 7 heteroatoms. The van der Waals surface area contributed by atoms with Crippen molar-refractivity contribution < 1.29 is 9.90 Å². The van der Waals surface area contributed by atoms with Crippen LogP contribution in [0.2, 0.25) is 0 Å². The number of aliphatic hydroxyl groups excluding tert-OH is 1. The zero-order valence-electron chi connectivity index (χ0n) is 16.7. The fourth-order valence-corrected chi connectivity index (χ4v) is 2.74. The fraction of sp³-hybridized carbons (Fsp3) is 0.600. The minimum atomic E-state index is -0.0747. The molecule has 0 bridgehead atoms. The van der Waals surface area contributed by atoms with Gasteiger partial charge >= 0.3 is 0 Å². The Morgan fingerprint density at radius 1 is 1.11 bits per heavy atom. The van der Waals surface area contributed by atoms with Crippen LogP contribution in [0, 0.1) is 11.8 Å². The molecule has 0 radical (unpaired) electrons. The van der Waals surface area contributed by atoms with Gasteiger partial charge in [-0.1, -0.05) is 32.0 Å². The van der Waals surface area contributed by atoms with Crippen LogP contribution < -0.4 is 16.0 Å². The van der Waals surface area contributed by atoms with Gasteiger partial charge in [-0.15, -0.1) is 24.0 Å². The van der Waals surface area contributed by atoms with Crippen LogP contribution in [-0.4, -0.2) is 49.8 Å². The van der Waals surface area contributed by atoms with Crippen LogP contribution in [0.15, 0.2) is 35.3 Å². The van der Waals surface area contributed by atoms with Crippen LogP contribution in [0.5, 0.6) is 0 Å². The molecule has 1 aromatic carbocycles. The van der Waals surface area contributed by atoms with Crippen molar-refractivity contribution in [2.24, 2.45) is 16.8 Å². The molecule has 0 aliphatic rings. The van der Waals surface area contributed by atoms with Gasteiger partial charge in [0.25, 0.3) is 5.91 Å². The molecule has 0 fully saturated rings. The Labute approximate surface area is 180 Å². The van der Waals surface area contributed by atoms with Crippen LogP contribution in [0.4, 0.5) is 0 Å². The predicted octanol–water partition coefficient (Wildman–Crippen LogP) is 2.63. The Morgan fingerprint density at radius 2 is 1.78 bits per heavy atom. The molecule has 0 aliphatic heterocycles. The van der Waals surface area contributed by atoms with Gasteiger partial charge in [0.1, 0.15) is 0 Å². The minimum absolute atomic E-state index is 0. The number of carbonyl (C=O) groups excluding carboxylic acids is 1. The monoisotopic (exact) mass is 490 g/mol. The van der Waals surface area contributed by atoms with E-state index in [0.29, 0.717) is 37.0 Å². The van der Waals surface area contributed by atoms with Gasteiger partial charge in [-0.2, -0.15) is 0 Å². The molecule has 4 N–H and O–H groups in total. The molecule has 0 spiro atoms. The smallest absolute Gasteiger partial charge is 0.251 e. The molecule has 6 nitrogen and oxygen atoms in total. The zero-order valence-corrected chi connectivity index (χ0v) is 19.0. The Balaban J connectivity index is 0.00000676. The highest BCUT2D eigenvalue weighted by atomic mass is 127. The summed E-state index contributed by atoms with van der Waals surface area (Å²) >= 11 is 0. The normalized spacial score (nSPS) is 12.3. The number of carbonyl (C=O) groups is 1. The minimum Gasteiger partial charge on any atom is -0.396 e. The van der Waals surface area contributed by atoms with E-state index in [1.807, 2.05) is 25.1 Å². The van der Waals surface area contributed by atoms with E-state index in [9.17, 15) is 9.90 Å². The lowest BCUT2D eigenvalue weighted by Crippen LogP contribution is -2.41. The van der Waals surface area contributed by atoms with Crippen molar-refractivity contribution in [3.63, 3.8) is 0 Å². The van der Waals surface area contributed by atoms with E-state index in [1.165, 1.54) is 0 Å². The van der Waals surface area contributed by atoms with Crippen molar-refractivity contribution in [2.45, 2.75) is 33.6 Å². The van der Waals surface area contributed by atoms with E-state index >= 15 is 0 Å². The predicted molar refractivity (Wildman–Crippen MR) is 123 cm³/mol. The highest BCUT2D eigenvalue weighted by Crippen LogP contribution is 2.15. The SMILES string of the molecule is CCNC(=NCC(CCO)CC(C)C)NCCNC(=O)c1ccccc1.I. The van der Waals surface area contributed by atoms with Crippen LogP contribution in [0.3, 0.4) is 0 Å². The maximum absolute atomic E-state index is 12.0. The molecule has 0 heterocycles. The quantitative estimate of drug-likeness (QED) is 0.166. The molecule has 1 unspecified atom stereocenters. The summed E-state index contributed by atoms with van der Waals surface area (Å²) in [6.07, 6.45) is 1.82. The first-order valence-electron chi connectivity index (χ1n) is 9.53. The number of aliphatic imine (C=N–C) groups is 1. The maximum Gasteiger partial charge on any atom is 0.251 e. The molecule has 154 valence electrons. The number of hydrogen-bond donors (Lipinski definition) is 4. The van der Waals surface area contributed by atoms with Crippen molar-refractivity contribution in [3.05, 3.63) is 35.9 Å². The number of benzene rings is 1. The average molecular weight is 490 g/mol. The first-order valence-corrected chi connectivity index (χ1v) is 9.53. The lowest BCUT2D eigenvalue weighted by atomic mass is 9.94. The van der Waals surface area contributed by atoms with Crippen LogP contribution in [0.1, 0.15) is 44.0 Å². The second kappa shape index (κ2) is 15.7. The molecule has 0 aliphatic carbocycles. The van der Waals surface area contributed by atoms with Gasteiger partial charge in [0.15, 0.2) is 5.96 Å². The van der Waals surface area contributed by atoms with E-state index in [-0.39, 0.29) is 36.5 Å². The lowest BCUT2D eigenvalue weighted by molar-refractivity contribution is 0.0954. The molecular weight excluding hydrogens is 455 g/mol. The van der Waals surface area contributed by atoms with E-state index in [0.717, 1.165) is 25.3 Å². The molecule has 0 saturated carbocycles. The van der Waals surface area contributed by atoms with Gasteiger partial charge in [0, 0.05) is 38.3 Å². The third kappa shape index (κ3) is 11.9. The maximum atomic E-state index is 12.0. The molecule has 0 aromatic heterocycles. The average Bonchev–Trinajstić information content (AvgIpc) is 2.63. The van der Waals surface area contributed by atoms with E-state index < -0.39 is 0 Å². The number of rotatable bonds is 11. The van der Waals surface area contributed by atoms with Crippen molar-refractivity contribution in [2.75, 3.05) is 32.8 Å². The summed E-state index contributed by atoms with van der Waals surface area (Å²) in [6.45, 7) is 9.17. The second-order valence-electron chi connectivity index (χ2n) is 6.78. The molecule has 1 rings (SSSR count). The standard InChI is InChI=1S/C20H34N4O2.HI/c1-4-21-20(24-15-17(10-13-25)14-16(2)3)23-12-11-22-19(26)18-8-6-5-7-9-18;/h5-9,16-17,25H,4,10-15H2,1-3H3,(H,22,26)(H2,21,23,24);1H. The number of nitrogens with one attached hydrogen (secondary N) is 3. The van der Waals surface area contributed by atoms with E-state index in [2.05, 4.69) is 34.8 Å². The number of halogens is 1. The summed E-state index contributed by atoms with van der Waals surface area (Å²) in [5, 5.41) is 18.6. The number of aliphatic hydroxyl groups is 1. The van der Waals surface area contributed by atoms with Crippen molar-refractivity contribution in [3.8, 4) is 0 Å². The van der Waals surface area contributed by atoms with Gasteiger partial charge in [0.05, 0.1) is 0 Å². The number of amides is 1. The highest BCUT2D eigenvalue weighted by Gasteiger charge is 2.10. The first kappa shape index (κ1) is 25.6. The van der Waals surface area contributed by atoms with E-state index in [1.54, 1.807) is 12.1 Å². The molecule has 0 saturated heterocycles. The fourth-order valence-electron chi connectivity index (χ4n) is 2.74. The van der Waals surface area contributed by atoms with Gasteiger partial charge in [-0.25, -0.2) is 0 Å². The molecular formula is C20H35IN4O2. The number of nitrogens with zero attached hydrogens (tertiary/aromatic N) is 1. The third-order valence-corrected chi connectivity index (χ3v) is 3.93. The van der Waals surface area contributed by atoms with Crippen molar-refractivity contribution >= 4 is 35.8 Å². The Bertz CT molecular complexity index is 538. The topological polar surface area (TPSA) is 85.8 Å². The van der Waals surface area contributed by atoms with Crippen molar-refractivity contribution in [1.82, 2.24) is 16.0 Å². The number of hydrogen-bond acceptors (Lipinski definition) is 3. The zero-order chi connectivity index (χ0) is 19.2. The molecule has 1 aromatic rings. The summed E-state index contributed by atoms with van der Waals surface area (Å²) in [7, 11) is 0. The summed E-state index contributed by atoms with van der Waals surface area (Å²) in [5.74, 6) is 1.64. The second-order valence-corrected chi connectivity index (χ2v) is 6.78. The Hall–Kier alpha value is -1.35. The number of guanidine groups is 1. The van der Waals surface area contributed by atoms with E-state index in [4.69, 9.17) is 0 Å². The summed E-state index contributed by atoms with van der Waals surface area (Å²) in [4.78, 5) is 16.6. The summed E-state index contributed by atoms with van der Waals surface area (Å²) in [5.41, 5.74) is 0.661. The summed E-state index contributed by atoms with van der Waals surface area (Å²) < 4.78 is 0. The van der Waals surface area contributed by atoms with Crippen LogP contribution >= 0.6 is 24.0 Å². The molecule has 1 amide bonds. The summed E-state index contributed by atoms with van der Waals surface area (Å²) in [6, 6.07) is 9.18. The van der Waals surface area contributed by atoms with Crippen molar-refractivity contribution in [1.29, 1.82) is 0 Å². The van der Waals surface area contributed by atoms with Gasteiger partial charge in [-0.3, -0.25) is 9.79 Å². The third-order valence-electron chi connectivity index (χ3n) is 3.93. The van der Waals surface area contributed by atoms with Gasteiger partial charge in [0.2, 0.25) is 0 Å². The Morgan fingerprint density at radius 3 is 2.37 bits per heavy atom. The first-order chi connectivity index (χ1) is 12.6. The van der Waals surface area contributed by atoms with Gasteiger partial charge < -0.3 is 21.1 Å². The highest BCUT2D eigenvalue weighted by molar-refractivity contribution is 14.0. The van der Waals surface area contributed by atoms with Crippen LogP contribution in [0.25, 0.3) is 0 Å². The molecule has 1 atom stereocenters. The lowest BCUT2D eigenvalue weighted by Gasteiger charge is -2.17. The molecule has 27 heavy (non-hydrogen) atoms.